The number of benzene rings is 1. The molecule has 8 heteroatoms. The number of alkyl halides is 3. The van der Waals surface area contributed by atoms with Crippen molar-refractivity contribution in [2.45, 2.75) is 19.6 Å². The van der Waals surface area contributed by atoms with Crippen molar-refractivity contribution in [3.05, 3.63) is 52.8 Å². The van der Waals surface area contributed by atoms with E-state index in [-0.39, 0.29) is 13.2 Å². The highest BCUT2D eigenvalue weighted by molar-refractivity contribution is 5.90. The van der Waals surface area contributed by atoms with Crippen molar-refractivity contribution in [2.24, 2.45) is 0 Å². The summed E-state index contributed by atoms with van der Waals surface area (Å²) < 4.78 is 44.6. The van der Waals surface area contributed by atoms with E-state index < -0.39 is 23.4 Å². The Bertz CT molecular complexity index is 743. The van der Waals surface area contributed by atoms with Gasteiger partial charge in [-0.25, -0.2) is 4.79 Å². The maximum Gasteiger partial charge on any atom is 0.436 e. The van der Waals surface area contributed by atoms with Crippen molar-refractivity contribution in [3.63, 3.8) is 0 Å². The molecule has 0 aliphatic carbocycles. The Morgan fingerprint density at radius 2 is 2.00 bits per heavy atom. The Morgan fingerprint density at radius 3 is 2.52 bits per heavy atom. The Morgan fingerprint density at radius 1 is 1.35 bits per heavy atom. The Labute approximate surface area is 129 Å². The number of carbonyl (C=O) groups is 1. The summed E-state index contributed by atoms with van der Waals surface area (Å²) in [5.41, 5.74) is -0.800. The number of ether oxygens (including phenoxy) is 1. The summed E-state index contributed by atoms with van der Waals surface area (Å²) in [4.78, 5) is 11.6. The molecule has 1 aromatic heterocycles. The number of nitrogens with zero attached hydrogens (tertiary/aromatic N) is 3. The van der Waals surface area contributed by atoms with Crippen molar-refractivity contribution in [2.75, 3.05) is 6.61 Å². The molecule has 0 atom stereocenters. The smallest absolute Gasteiger partial charge is 0.436 e. The topological polar surface area (TPSA) is 67.9 Å². The molecule has 23 heavy (non-hydrogen) atoms. The molecule has 0 radical (unpaired) electrons. The average Bonchev–Trinajstić information content (AvgIpc) is 2.92. The SMILES string of the molecule is CCOC(=O)c1cn(Cc2ccc(C#N)cc2)nc1C(F)(F)F. The molecule has 0 unspecified atom stereocenters. The summed E-state index contributed by atoms with van der Waals surface area (Å²) >= 11 is 0. The third-order valence-electron chi connectivity index (χ3n) is 2.95. The second kappa shape index (κ2) is 6.52. The van der Waals surface area contributed by atoms with E-state index in [9.17, 15) is 18.0 Å². The van der Waals surface area contributed by atoms with Crippen LogP contribution in [0.25, 0.3) is 0 Å². The van der Waals surface area contributed by atoms with Crippen LogP contribution in [0.3, 0.4) is 0 Å². The van der Waals surface area contributed by atoms with Crippen LogP contribution in [0.1, 0.15) is 34.1 Å². The van der Waals surface area contributed by atoms with Gasteiger partial charge in [0.1, 0.15) is 5.56 Å². The number of nitriles is 1. The fourth-order valence-corrected chi connectivity index (χ4v) is 1.94. The summed E-state index contributed by atoms with van der Waals surface area (Å²) in [5, 5.41) is 12.2. The van der Waals surface area contributed by atoms with Crippen LogP contribution in [-0.4, -0.2) is 22.4 Å². The van der Waals surface area contributed by atoms with Crippen LogP contribution in [0.2, 0.25) is 0 Å². The fraction of sp³-hybridized carbons (Fsp3) is 0.267. The van der Waals surface area contributed by atoms with Crippen LogP contribution in [0.5, 0.6) is 0 Å². The van der Waals surface area contributed by atoms with Crippen molar-refractivity contribution >= 4 is 5.97 Å². The van der Waals surface area contributed by atoms with Crippen molar-refractivity contribution in [1.82, 2.24) is 9.78 Å². The number of halogens is 3. The van der Waals surface area contributed by atoms with Crippen LogP contribution >= 0.6 is 0 Å². The molecule has 0 fully saturated rings. The first-order valence-corrected chi connectivity index (χ1v) is 6.66. The van der Waals surface area contributed by atoms with Gasteiger partial charge in [-0.2, -0.15) is 23.5 Å². The molecule has 1 aromatic carbocycles. The second-order valence-electron chi connectivity index (χ2n) is 4.62. The van der Waals surface area contributed by atoms with Gasteiger partial charge in [0, 0.05) is 6.20 Å². The van der Waals surface area contributed by atoms with Gasteiger partial charge in [-0.05, 0) is 24.6 Å². The summed E-state index contributed by atoms with van der Waals surface area (Å²) in [7, 11) is 0. The molecule has 2 aromatic rings. The second-order valence-corrected chi connectivity index (χ2v) is 4.62. The molecule has 0 spiro atoms. The molecule has 0 N–H and O–H groups in total. The zero-order valence-corrected chi connectivity index (χ0v) is 12.1. The van der Waals surface area contributed by atoms with Gasteiger partial charge in [0.05, 0.1) is 24.8 Å². The van der Waals surface area contributed by atoms with Crippen molar-refractivity contribution in [3.8, 4) is 6.07 Å². The van der Waals surface area contributed by atoms with E-state index in [0.29, 0.717) is 11.1 Å². The van der Waals surface area contributed by atoms with E-state index >= 15 is 0 Å². The third-order valence-corrected chi connectivity index (χ3v) is 2.95. The number of carbonyl (C=O) groups excluding carboxylic acids is 1. The van der Waals surface area contributed by atoms with E-state index in [4.69, 9.17) is 5.26 Å². The maximum absolute atomic E-state index is 13.0. The van der Waals surface area contributed by atoms with E-state index in [1.807, 2.05) is 6.07 Å². The largest absolute Gasteiger partial charge is 0.462 e. The average molecular weight is 323 g/mol. The molecule has 120 valence electrons. The molecule has 0 aliphatic heterocycles. The van der Waals surface area contributed by atoms with E-state index in [1.54, 1.807) is 24.3 Å². The highest BCUT2D eigenvalue weighted by atomic mass is 19.4. The lowest BCUT2D eigenvalue weighted by molar-refractivity contribution is -0.142. The lowest BCUT2D eigenvalue weighted by Gasteiger charge is -2.05. The summed E-state index contributed by atoms with van der Waals surface area (Å²) in [6, 6.07) is 8.27. The molecular weight excluding hydrogens is 311 g/mol. The van der Waals surface area contributed by atoms with E-state index in [0.717, 1.165) is 10.9 Å². The van der Waals surface area contributed by atoms with E-state index in [2.05, 4.69) is 9.84 Å². The van der Waals surface area contributed by atoms with Gasteiger partial charge in [-0.1, -0.05) is 12.1 Å². The fourth-order valence-electron chi connectivity index (χ4n) is 1.94. The van der Waals surface area contributed by atoms with Crippen LogP contribution in [0.4, 0.5) is 13.2 Å². The monoisotopic (exact) mass is 323 g/mol. The van der Waals surface area contributed by atoms with E-state index in [1.165, 1.54) is 6.92 Å². The highest BCUT2D eigenvalue weighted by Crippen LogP contribution is 2.31. The minimum atomic E-state index is -4.75. The van der Waals surface area contributed by atoms with Gasteiger partial charge >= 0.3 is 12.1 Å². The molecule has 1 heterocycles. The first-order valence-electron chi connectivity index (χ1n) is 6.66. The minimum absolute atomic E-state index is 0.0308. The van der Waals surface area contributed by atoms with Gasteiger partial charge in [0.25, 0.3) is 0 Å². The summed E-state index contributed by atoms with van der Waals surface area (Å²) in [5.74, 6) is -1.06. The van der Waals surface area contributed by atoms with Crippen molar-refractivity contribution < 1.29 is 22.7 Å². The molecule has 5 nitrogen and oxygen atoms in total. The molecular formula is C15H12F3N3O2. The Kier molecular flexibility index (Phi) is 4.69. The van der Waals surface area contributed by atoms with Crippen LogP contribution < -0.4 is 0 Å². The normalized spacial score (nSPS) is 11.1. The van der Waals surface area contributed by atoms with Gasteiger partial charge in [-0.3, -0.25) is 4.68 Å². The summed E-state index contributed by atoms with van der Waals surface area (Å²) in [6.45, 7) is 1.51. The summed E-state index contributed by atoms with van der Waals surface area (Å²) in [6.07, 6.45) is -3.74. The van der Waals surface area contributed by atoms with Crippen LogP contribution in [-0.2, 0) is 17.5 Å². The predicted molar refractivity (Wildman–Crippen MR) is 73.4 cm³/mol. The zero-order chi connectivity index (χ0) is 17.0. The van der Waals surface area contributed by atoms with Gasteiger partial charge in [0.15, 0.2) is 5.69 Å². The molecule has 0 bridgehead atoms. The minimum Gasteiger partial charge on any atom is -0.462 e. The highest BCUT2D eigenvalue weighted by Gasteiger charge is 2.39. The molecule has 0 saturated carbocycles. The quantitative estimate of drug-likeness (QED) is 0.811. The van der Waals surface area contributed by atoms with Crippen LogP contribution in [0, 0.1) is 11.3 Å². The van der Waals surface area contributed by atoms with Gasteiger partial charge in [0.2, 0.25) is 0 Å². The lowest BCUT2D eigenvalue weighted by atomic mass is 10.1. The number of rotatable bonds is 4. The number of esters is 1. The molecule has 0 amide bonds. The zero-order valence-electron chi connectivity index (χ0n) is 12.1. The molecule has 2 rings (SSSR count). The standard InChI is InChI=1S/C15H12F3N3O2/c1-2-23-14(22)12-9-21(20-13(12)15(16,17)18)8-11-5-3-10(7-19)4-6-11/h3-6,9H,2,8H2,1H3. The lowest BCUT2D eigenvalue weighted by Crippen LogP contribution is -2.14. The first-order chi connectivity index (χ1) is 10.8. The first kappa shape index (κ1) is 16.5. The number of hydrogen-bond donors (Lipinski definition) is 0. The maximum atomic E-state index is 13.0. The number of aromatic nitrogens is 2. The Balaban J connectivity index is 2.32. The van der Waals surface area contributed by atoms with Crippen molar-refractivity contribution in [1.29, 1.82) is 5.26 Å². The van der Waals surface area contributed by atoms with Gasteiger partial charge < -0.3 is 4.74 Å². The predicted octanol–water partition coefficient (Wildman–Crippen LogP) is 3.00. The third kappa shape index (κ3) is 3.88. The number of hydrogen-bond acceptors (Lipinski definition) is 4. The van der Waals surface area contributed by atoms with Gasteiger partial charge in [-0.15, -0.1) is 0 Å². The van der Waals surface area contributed by atoms with Crippen LogP contribution in [0.15, 0.2) is 30.5 Å². The molecule has 0 aliphatic rings. The molecule has 0 saturated heterocycles. The Hall–Kier alpha value is -2.82.